The summed E-state index contributed by atoms with van der Waals surface area (Å²) in [5.41, 5.74) is 16.5. The van der Waals surface area contributed by atoms with Gasteiger partial charge in [0.1, 0.15) is 5.82 Å². The summed E-state index contributed by atoms with van der Waals surface area (Å²) >= 11 is 0. The Morgan fingerprint density at radius 1 is 1.56 bits per heavy atom. The first-order valence-corrected chi connectivity index (χ1v) is 4.88. The number of nitrogens with one attached hydrogen (secondary N) is 1. The van der Waals surface area contributed by atoms with Gasteiger partial charge in [-0.25, -0.2) is 10.8 Å². The van der Waals surface area contributed by atoms with E-state index in [0.29, 0.717) is 23.7 Å². The highest BCUT2D eigenvalue weighted by Crippen LogP contribution is 2.24. The monoisotopic (exact) mass is 219 g/mol. The van der Waals surface area contributed by atoms with Crippen LogP contribution in [0.25, 0.3) is 0 Å². The van der Waals surface area contributed by atoms with Crippen molar-refractivity contribution in [3.8, 4) is 0 Å². The Morgan fingerprint density at radius 2 is 2.25 bits per heavy atom. The van der Waals surface area contributed by atoms with Gasteiger partial charge in [-0.05, 0) is 25.0 Å². The molecule has 1 aromatic rings. The summed E-state index contributed by atoms with van der Waals surface area (Å²) < 4.78 is 0. The maximum Gasteiger partial charge on any atom is 0.165 e. The lowest BCUT2D eigenvalue weighted by Gasteiger charge is -2.11. The van der Waals surface area contributed by atoms with E-state index in [4.69, 9.17) is 17.3 Å². The normalized spacial score (nSPS) is 11.2. The summed E-state index contributed by atoms with van der Waals surface area (Å²) in [6, 6.07) is 1.75. The molecule has 0 fully saturated rings. The second kappa shape index (κ2) is 5.18. The SMILES string of the molecule is C=C/C=C(\C)Cc1cc(N)nc(NN)c1N. The van der Waals surface area contributed by atoms with E-state index >= 15 is 0 Å². The van der Waals surface area contributed by atoms with Crippen LogP contribution in [0.3, 0.4) is 0 Å². The Bertz CT molecular complexity index is 423. The summed E-state index contributed by atoms with van der Waals surface area (Å²) in [5.74, 6) is 6.10. The van der Waals surface area contributed by atoms with Crippen LogP contribution < -0.4 is 22.7 Å². The molecule has 0 atom stereocenters. The number of hydrazine groups is 1. The molecule has 7 N–H and O–H groups in total. The summed E-state index contributed by atoms with van der Waals surface area (Å²) in [6.45, 7) is 5.63. The Balaban J connectivity index is 3.08. The largest absolute Gasteiger partial charge is 0.395 e. The van der Waals surface area contributed by atoms with Crippen molar-refractivity contribution < 1.29 is 0 Å². The van der Waals surface area contributed by atoms with Crippen LogP contribution in [0.2, 0.25) is 0 Å². The van der Waals surface area contributed by atoms with Gasteiger partial charge in [-0.1, -0.05) is 24.3 Å². The smallest absolute Gasteiger partial charge is 0.165 e. The lowest BCUT2D eigenvalue weighted by Crippen LogP contribution is -2.13. The zero-order valence-electron chi connectivity index (χ0n) is 9.33. The second-order valence-corrected chi connectivity index (χ2v) is 3.54. The molecule has 86 valence electrons. The van der Waals surface area contributed by atoms with Gasteiger partial charge in [0, 0.05) is 0 Å². The van der Waals surface area contributed by atoms with Crippen molar-refractivity contribution in [3.05, 3.63) is 35.9 Å². The van der Waals surface area contributed by atoms with Crippen LogP contribution in [0, 0.1) is 0 Å². The lowest BCUT2D eigenvalue weighted by atomic mass is 10.1. The molecule has 1 aromatic heterocycles. The van der Waals surface area contributed by atoms with E-state index in [9.17, 15) is 0 Å². The molecule has 5 nitrogen and oxygen atoms in total. The molecule has 0 aromatic carbocycles. The highest BCUT2D eigenvalue weighted by Gasteiger charge is 2.08. The molecule has 0 unspecified atom stereocenters. The minimum atomic E-state index is 0.392. The van der Waals surface area contributed by atoms with Crippen LogP contribution in [0.1, 0.15) is 12.5 Å². The molecule has 5 heteroatoms. The van der Waals surface area contributed by atoms with E-state index in [2.05, 4.69) is 17.0 Å². The first-order chi connectivity index (χ1) is 7.58. The number of nitrogens with two attached hydrogens (primary N) is 3. The molecule has 0 aliphatic carbocycles. The molecular formula is C11H17N5. The number of anilines is 3. The van der Waals surface area contributed by atoms with Crippen molar-refractivity contribution in [1.29, 1.82) is 0 Å². The van der Waals surface area contributed by atoms with E-state index in [1.54, 1.807) is 12.1 Å². The Kier molecular flexibility index (Phi) is 3.90. The van der Waals surface area contributed by atoms with Gasteiger partial charge in [0.25, 0.3) is 0 Å². The van der Waals surface area contributed by atoms with Crippen molar-refractivity contribution in [2.24, 2.45) is 5.84 Å². The fourth-order valence-electron chi connectivity index (χ4n) is 1.45. The van der Waals surface area contributed by atoms with Crippen LogP contribution in [0.15, 0.2) is 30.4 Å². The van der Waals surface area contributed by atoms with E-state index in [-0.39, 0.29) is 0 Å². The van der Waals surface area contributed by atoms with E-state index in [0.717, 1.165) is 11.1 Å². The van der Waals surface area contributed by atoms with Gasteiger partial charge in [0.2, 0.25) is 0 Å². The molecular weight excluding hydrogens is 202 g/mol. The maximum atomic E-state index is 5.89. The van der Waals surface area contributed by atoms with Crippen LogP contribution in [-0.2, 0) is 6.42 Å². The molecule has 0 aliphatic rings. The van der Waals surface area contributed by atoms with E-state index in [1.165, 1.54) is 0 Å². The average Bonchev–Trinajstić information content (AvgIpc) is 2.23. The van der Waals surface area contributed by atoms with Crippen molar-refractivity contribution in [2.45, 2.75) is 13.3 Å². The van der Waals surface area contributed by atoms with Gasteiger partial charge in [0.15, 0.2) is 5.82 Å². The predicted molar refractivity (Wildman–Crippen MR) is 68.5 cm³/mol. The first kappa shape index (κ1) is 12.1. The zero-order chi connectivity index (χ0) is 12.1. The zero-order valence-corrected chi connectivity index (χ0v) is 9.33. The maximum absolute atomic E-state index is 5.89. The number of pyridine rings is 1. The third kappa shape index (κ3) is 2.74. The molecule has 0 saturated heterocycles. The van der Waals surface area contributed by atoms with Gasteiger partial charge in [-0.3, -0.25) is 0 Å². The number of allylic oxidation sites excluding steroid dienone is 3. The highest BCUT2D eigenvalue weighted by molar-refractivity contribution is 5.68. The standard InChI is InChI=1S/C11H17N5/c1-3-4-7(2)5-8-6-9(12)15-11(16-14)10(8)13/h3-4,6H,1,5,13-14H2,2H3,(H3,12,15,16)/b7-4+. The lowest BCUT2D eigenvalue weighted by molar-refractivity contribution is 1.12. The van der Waals surface area contributed by atoms with Gasteiger partial charge >= 0.3 is 0 Å². The van der Waals surface area contributed by atoms with Crippen molar-refractivity contribution in [1.82, 2.24) is 4.98 Å². The molecule has 0 spiro atoms. The first-order valence-electron chi connectivity index (χ1n) is 4.88. The topological polar surface area (TPSA) is 103 Å². The van der Waals surface area contributed by atoms with E-state index < -0.39 is 0 Å². The Morgan fingerprint density at radius 3 is 2.81 bits per heavy atom. The van der Waals surface area contributed by atoms with Crippen LogP contribution >= 0.6 is 0 Å². The number of nitrogen functional groups attached to an aromatic ring is 3. The number of rotatable bonds is 4. The highest BCUT2D eigenvalue weighted by atomic mass is 15.3. The second-order valence-electron chi connectivity index (χ2n) is 3.54. The van der Waals surface area contributed by atoms with Gasteiger partial charge in [0.05, 0.1) is 5.69 Å². The summed E-state index contributed by atoms with van der Waals surface area (Å²) in [7, 11) is 0. The summed E-state index contributed by atoms with van der Waals surface area (Å²) in [5, 5.41) is 0. The Labute approximate surface area is 95.0 Å². The van der Waals surface area contributed by atoms with Gasteiger partial charge in [-0.2, -0.15) is 0 Å². The molecule has 0 aliphatic heterocycles. The quantitative estimate of drug-likeness (QED) is 0.346. The predicted octanol–water partition coefficient (Wildman–Crippen LogP) is 1.21. The number of hydrogen-bond acceptors (Lipinski definition) is 5. The summed E-state index contributed by atoms with van der Waals surface area (Å²) in [6.07, 6.45) is 4.35. The van der Waals surface area contributed by atoms with E-state index in [1.807, 2.05) is 13.0 Å². The fourth-order valence-corrected chi connectivity index (χ4v) is 1.45. The molecule has 0 radical (unpaired) electrons. The van der Waals surface area contributed by atoms with Crippen LogP contribution in [0.4, 0.5) is 17.3 Å². The van der Waals surface area contributed by atoms with Crippen LogP contribution in [-0.4, -0.2) is 4.98 Å². The minimum Gasteiger partial charge on any atom is -0.395 e. The van der Waals surface area contributed by atoms with Crippen molar-refractivity contribution in [3.63, 3.8) is 0 Å². The van der Waals surface area contributed by atoms with Gasteiger partial charge < -0.3 is 16.9 Å². The molecule has 0 bridgehead atoms. The number of aromatic nitrogens is 1. The minimum absolute atomic E-state index is 0.392. The Hall–Kier alpha value is -2.01. The average molecular weight is 219 g/mol. The molecule has 1 rings (SSSR count). The number of nitrogens with zero attached hydrogens (tertiary/aromatic N) is 1. The molecule has 16 heavy (non-hydrogen) atoms. The third-order valence-corrected chi connectivity index (χ3v) is 2.17. The molecule has 1 heterocycles. The van der Waals surface area contributed by atoms with Crippen molar-refractivity contribution in [2.75, 3.05) is 16.9 Å². The van der Waals surface area contributed by atoms with Gasteiger partial charge in [-0.15, -0.1) is 0 Å². The van der Waals surface area contributed by atoms with Crippen LogP contribution in [0.5, 0.6) is 0 Å². The molecule has 0 amide bonds. The fraction of sp³-hybridized carbons (Fsp3) is 0.182. The molecule has 0 saturated carbocycles. The summed E-state index contributed by atoms with van der Waals surface area (Å²) in [4.78, 5) is 3.98. The van der Waals surface area contributed by atoms with Crippen molar-refractivity contribution >= 4 is 17.3 Å². The third-order valence-electron chi connectivity index (χ3n) is 2.17. The number of hydrogen-bond donors (Lipinski definition) is 4.